The summed E-state index contributed by atoms with van der Waals surface area (Å²) in [5, 5.41) is 2.25. The maximum Gasteiger partial charge on any atom is 0.274 e. The van der Waals surface area contributed by atoms with Crippen molar-refractivity contribution in [3.05, 3.63) is 47.8 Å². The highest BCUT2D eigenvalue weighted by Crippen LogP contribution is 2.24. The molecule has 5 nitrogen and oxygen atoms in total. The van der Waals surface area contributed by atoms with E-state index in [0.29, 0.717) is 12.0 Å². The van der Waals surface area contributed by atoms with Gasteiger partial charge in [0.2, 0.25) is 5.95 Å². The molecule has 1 saturated heterocycles. The van der Waals surface area contributed by atoms with Crippen molar-refractivity contribution in [2.24, 2.45) is 0 Å². The summed E-state index contributed by atoms with van der Waals surface area (Å²) in [4.78, 5) is 23.0. The fourth-order valence-corrected chi connectivity index (χ4v) is 3.10. The molecule has 25 heavy (non-hydrogen) atoms. The number of amides is 1. The highest BCUT2D eigenvalue weighted by Gasteiger charge is 2.24. The minimum absolute atomic E-state index is 0.0769. The van der Waals surface area contributed by atoms with Crippen LogP contribution in [0, 0.1) is 11.6 Å². The Morgan fingerprint density at radius 1 is 1.28 bits per heavy atom. The topological polar surface area (TPSA) is 58.1 Å². The van der Waals surface area contributed by atoms with Gasteiger partial charge in [0.1, 0.15) is 23.0 Å². The van der Waals surface area contributed by atoms with Gasteiger partial charge in [0.25, 0.3) is 5.91 Å². The number of rotatable bonds is 4. The highest BCUT2D eigenvalue weighted by molar-refractivity contribution is 6.03. The van der Waals surface area contributed by atoms with Crippen LogP contribution < -0.4 is 10.2 Å². The Hall–Kier alpha value is -2.57. The molecule has 7 heteroatoms. The molecule has 1 aliphatic heterocycles. The van der Waals surface area contributed by atoms with Gasteiger partial charge in [-0.3, -0.25) is 4.79 Å². The molecule has 0 saturated carbocycles. The van der Waals surface area contributed by atoms with Crippen molar-refractivity contribution >= 4 is 17.5 Å². The number of hydrogen-bond acceptors (Lipinski definition) is 4. The van der Waals surface area contributed by atoms with Crippen molar-refractivity contribution in [3.63, 3.8) is 0 Å². The number of halogens is 2. The zero-order valence-electron chi connectivity index (χ0n) is 14.0. The normalized spacial score (nSPS) is 17.4. The molecule has 2 aromatic rings. The third kappa shape index (κ3) is 3.75. The van der Waals surface area contributed by atoms with E-state index >= 15 is 0 Å². The third-order valence-corrected chi connectivity index (χ3v) is 4.43. The van der Waals surface area contributed by atoms with Gasteiger partial charge in [-0.25, -0.2) is 18.7 Å². The number of nitrogens with zero attached hydrogens (tertiary/aromatic N) is 3. The largest absolute Gasteiger partial charge is 0.338 e. The summed E-state index contributed by atoms with van der Waals surface area (Å²) in [6.07, 6.45) is 5.76. The smallest absolute Gasteiger partial charge is 0.274 e. The molecule has 3 rings (SSSR count). The van der Waals surface area contributed by atoms with Crippen molar-refractivity contribution in [1.82, 2.24) is 9.97 Å². The summed E-state index contributed by atoms with van der Waals surface area (Å²) in [5.41, 5.74) is -0.398. The van der Waals surface area contributed by atoms with E-state index in [1.807, 2.05) is 0 Å². The molecule has 0 bridgehead atoms. The van der Waals surface area contributed by atoms with Crippen LogP contribution in [0.2, 0.25) is 0 Å². The molecule has 1 unspecified atom stereocenters. The molecule has 1 fully saturated rings. The maximum atomic E-state index is 13.7. The van der Waals surface area contributed by atoms with E-state index in [2.05, 4.69) is 27.1 Å². The van der Waals surface area contributed by atoms with E-state index in [4.69, 9.17) is 0 Å². The second-order valence-electron chi connectivity index (χ2n) is 6.04. The molecular formula is C18H20F2N4O. The van der Waals surface area contributed by atoms with Gasteiger partial charge in [-0.2, -0.15) is 0 Å². The average molecular weight is 346 g/mol. The molecule has 2 heterocycles. The van der Waals surface area contributed by atoms with E-state index < -0.39 is 23.2 Å². The number of hydrogen-bond donors (Lipinski definition) is 1. The summed E-state index contributed by atoms with van der Waals surface area (Å²) in [7, 11) is 0. The number of anilines is 2. The second kappa shape index (κ2) is 7.55. The van der Waals surface area contributed by atoms with Crippen LogP contribution in [0.1, 0.15) is 43.1 Å². The lowest BCUT2D eigenvalue weighted by molar-refractivity contribution is 0.102. The number of piperidine rings is 1. The zero-order valence-corrected chi connectivity index (χ0v) is 14.0. The number of aromatic nitrogens is 2. The SMILES string of the molecule is CCC1CCCCN1c1nccc(C(=O)Nc2c(F)cccc2F)n1. The van der Waals surface area contributed by atoms with E-state index in [1.54, 1.807) is 0 Å². The van der Waals surface area contributed by atoms with Crippen LogP contribution in [0.15, 0.2) is 30.5 Å². The minimum Gasteiger partial charge on any atom is -0.338 e. The first-order chi connectivity index (χ1) is 12.1. The molecule has 1 aliphatic rings. The molecule has 1 aromatic heterocycles. The van der Waals surface area contributed by atoms with E-state index in [1.165, 1.54) is 24.8 Å². The number of nitrogens with one attached hydrogen (secondary N) is 1. The Morgan fingerprint density at radius 3 is 2.76 bits per heavy atom. The van der Waals surface area contributed by atoms with Crippen LogP contribution in [0.5, 0.6) is 0 Å². The van der Waals surface area contributed by atoms with Crippen molar-refractivity contribution < 1.29 is 13.6 Å². The number of carbonyl (C=O) groups excluding carboxylic acids is 1. The van der Waals surface area contributed by atoms with Crippen molar-refractivity contribution in [3.8, 4) is 0 Å². The highest BCUT2D eigenvalue weighted by atomic mass is 19.1. The van der Waals surface area contributed by atoms with E-state index in [-0.39, 0.29) is 5.69 Å². The molecule has 1 N–H and O–H groups in total. The minimum atomic E-state index is -0.829. The van der Waals surface area contributed by atoms with Crippen LogP contribution in [-0.4, -0.2) is 28.5 Å². The van der Waals surface area contributed by atoms with Crippen LogP contribution >= 0.6 is 0 Å². The predicted molar refractivity (Wildman–Crippen MR) is 91.6 cm³/mol. The molecule has 1 aromatic carbocycles. The van der Waals surface area contributed by atoms with Gasteiger partial charge in [0.15, 0.2) is 0 Å². The third-order valence-electron chi connectivity index (χ3n) is 4.43. The first-order valence-electron chi connectivity index (χ1n) is 8.45. The first-order valence-corrected chi connectivity index (χ1v) is 8.45. The standard InChI is InChI=1S/C18H20F2N4O/c1-2-12-6-3-4-11-24(12)18-21-10-9-15(22-18)17(25)23-16-13(19)7-5-8-14(16)20/h5,7-10,12H,2-4,6,11H2,1H3,(H,23,25). The zero-order chi connectivity index (χ0) is 17.8. The summed E-state index contributed by atoms with van der Waals surface area (Å²) >= 11 is 0. The van der Waals surface area contributed by atoms with Crippen molar-refractivity contribution in [1.29, 1.82) is 0 Å². The second-order valence-corrected chi connectivity index (χ2v) is 6.04. The Morgan fingerprint density at radius 2 is 2.04 bits per heavy atom. The lowest BCUT2D eigenvalue weighted by atomic mass is 10.0. The number of para-hydroxylation sites is 1. The summed E-state index contributed by atoms with van der Waals surface area (Å²) in [6, 6.07) is 5.19. The fraction of sp³-hybridized carbons (Fsp3) is 0.389. The first kappa shape index (κ1) is 17.3. The van der Waals surface area contributed by atoms with E-state index in [9.17, 15) is 13.6 Å². The van der Waals surface area contributed by atoms with Gasteiger partial charge in [-0.15, -0.1) is 0 Å². The molecule has 0 radical (unpaired) electrons. The number of benzene rings is 1. The summed E-state index contributed by atoms with van der Waals surface area (Å²) < 4.78 is 27.4. The van der Waals surface area contributed by atoms with Crippen molar-refractivity contribution in [2.45, 2.75) is 38.6 Å². The maximum absolute atomic E-state index is 13.7. The monoisotopic (exact) mass is 346 g/mol. The fourth-order valence-electron chi connectivity index (χ4n) is 3.10. The van der Waals surface area contributed by atoms with Crippen LogP contribution in [0.3, 0.4) is 0 Å². The van der Waals surface area contributed by atoms with Crippen LogP contribution in [0.25, 0.3) is 0 Å². The van der Waals surface area contributed by atoms with Gasteiger partial charge in [0, 0.05) is 18.8 Å². The Balaban J connectivity index is 1.82. The Labute approximate surface area is 145 Å². The van der Waals surface area contributed by atoms with Gasteiger partial charge >= 0.3 is 0 Å². The number of carbonyl (C=O) groups is 1. The molecule has 132 valence electrons. The summed E-state index contributed by atoms with van der Waals surface area (Å²) in [6.45, 7) is 2.95. The lowest BCUT2D eigenvalue weighted by Gasteiger charge is -2.35. The predicted octanol–water partition coefficient (Wildman–Crippen LogP) is 3.78. The molecular weight excluding hydrogens is 326 g/mol. The van der Waals surface area contributed by atoms with Gasteiger partial charge in [-0.05, 0) is 43.9 Å². The quantitative estimate of drug-likeness (QED) is 0.915. The van der Waals surface area contributed by atoms with Gasteiger partial charge < -0.3 is 10.2 Å². The average Bonchev–Trinajstić information content (AvgIpc) is 2.64. The van der Waals surface area contributed by atoms with E-state index in [0.717, 1.165) is 37.9 Å². The van der Waals surface area contributed by atoms with Crippen molar-refractivity contribution in [2.75, 3.05) is 16.8 Å². The van der Waals surface area contributed by atoms with Gasteiger partial charge in [0.05, 0.1) is 0 Å². The van der Waals surface area contributed by atoms with Crippen LogP contribution in [0.4, 0.5) is 20.4 Å². The molecule has 1 atom stereocenters. The molecule has 1 amide bonds. The lowest BCUT2D eigenvalue weighted by Crippen LogP contribution is -2.40. The van der Waals surface area contributed by atoms with Gasteiger partial charge in [-0.1, -0.05) is 13.0 Å². The van der Waals surface area contributed by atoms with Crippen LogP contribution in [-0.2, 0) is 0 Å². The Bertz CT molecular complexity index is 748. The molecule has 0 spiro atoms. The summed E-state index contributed by atoms with van der Waals surface area (Å²) in [5.74, 6) is -1.85. The Kier molecular flexibility index (Phi) is 5.21. The molecule has 0 aliphatic carbocycles.